The van der Waals surface area contributed by atoms with Gasteiger partial charge in [-0.25, -0.2) is 0 Å². The molecule has 0 heterocycles. The summed E-state index contributed by atoms with van der Waals surface area (Å²) in [5.41, 5.74) is -2.18. The Hall–Kier alpha value is -2.28. The molecule has 0 rings (SSSR count). The van der Waals surface area contributed by atoms with E-state index in [1.54, 1.807) is 0 Å². The summed E-state index contributed by atoms with van der Waals surface area (Å²) in [6, 6.07) is 0. The Kier molecular flexibility index (Phi) is 33.2. The highest BCUT2D eigenvalue weighted by Crippen LogP contribution is 2.41. The van der Waals surface area contributed by atoms with Crippen LogP contribution in [0.5, 0.6) is 0 Å². The molecule has 8 unspecified atom stereocenters. The van der Waals surface area contributed by atoms with Crippen molar-refractivity contribution in [3.8, 4) is 0 Å². The van der Waals surface area contributed by atoms with E-state index in [0.29, 0.717) is 77.0 Å². The van der Waals surface area contributed by atoms with E-state index in [0.717, 1.165) is 25.7 Å². The molecule has 0 radical (unpaired) electrons. The maximum Gasteiger partial charge on any atom is 0.305 e. The first-order valence-electron chi connectivity index (χ1n) is 31.8. The number of carbonyl (C=O) groups is 4. The molecule has 0 aromatic rings. The van der Waals surface area contributed by atoms with Gasteiger partial charge in [0.2, 0.25) is 0 Å². The lowest BCUT2D eigenvalue weighted by Crippen LogP contribution is -2.44. The van der Waals surface area contributed by atoms with E-state index in [9.17, 15) is 39.6 Å². The van der Waals surface area contributed by atoms with Crippen LogP contribution >= 0.6 is 0 Å². The minimum absolute atomic E-state index is 0.0272. The molecule has 0 amide bonds. The topological polar surface area (TPSA) is 186 Å². The second kappa shape index (κ2) is 34.2. The summed E-state index contributed by atoms with van der Waals surface area (Å²) in [5.74, 6) is -1.85. The van der Waals surface area contributed by atoms with Gasteiger partial charge >= 0.3 is 23.9 Å². The van der Waals surface area contributed by atoms with Crippen LogP contribution in [-0.2, 0) is 38.1 Å². The Labute approximate surface area is 498 Å². The minimum Gasteiger partial charge on any atom is -0.465 e. The highest BCUT2D eigenvalue weighted by molar-refractivity contribution is 5.71. The van der Waals surface area contributed by atoms with Gasteiger partial charge in [-0.1, -0.05) is 192 Å². The number of rotatable bonds is 36. The molecule has 0 aromatic carbocycles. The zero-order valence-corrected chi connectivity index (χ0v) is 57.1. The third-order valence-electron chi connectivity index (χ3n) is 16.3. The lowest BCUT2D eigenvalue weighted by Gasteiger charge is -2.37. The van der Waals surface area contributed by atoms with Gasteiger partial charge in [0.25, 0.3) is 0 Å². The number of hydrogen-bond donors (Lipinski definition) is 4. The first-order chi connectivity index (χ1) is 36.5. The summed E-state index contributed by atoms with van der Waals surface area (Å²) < 4.78 is 24.0. The van der Waals surface area contributed by atoms with Gasteiger partial charge in [0.15, 0.2) is 0 Å². The number of unbranched alkanes of at least 4 members (excludes halogenated alkanes) is 4. The third-order valence-corrected chi connectivity index (χ3v) is 16.3. The van der Waals surface area contributed by atoms with Crippen molar-refractivity contribution in [2.24, 2.45) is 72.4 Å². The number of ether oxygens (including phenoxy) is 4. The molecule has 0 aliphatic rings. The maximum absolute atomic E-state index is 13.7. The van der Waals surface area contributed by atoms with Gasteiger partial charge in [0, 0.05) is 25.7 Å². The van der Waals surface area contributed by atoms with Crippen molar-refractivity contribution in [3.63, 3.8) is 0 Å². The number of hydrogen-bond acceptors (Lipinski definition) is 12. The predicted molar refractivity (Wildman–Crippen MR) is 332 cm³/mol. The lowest BCUT2D eigenvalue weighted by molar-refractivity contribution is -0.170. The molecule has 0 saturated heterocycles. The van der Waals surface area contributed by atoms with Crippen molar-refractivity contribution in [2.75, 3.05) is 26.4 Å². The molecule has 0 aliphatic carbocycles. The van der Waals surface area contributed by atoms with Crippen LogP contribution in [0, 0.1) is 72.4 Å². The fraction of sp³-hybridized carbons (Fsp3) is 0.942. The van der Waals surface area contributed by atoms with Crippen LogP contribution in [0.1, 0.15) is 295 Å². The molecule has 0 spiro atoms. The molecule has 0 aromatic heterocycles. The van der Waals surface area contributed by atoms with Gasteiger partial charge in [-0.3, -0.25) is 19.2 Å². The number of aliphatic hydroxyl groups is 4. The Morgan fingerprint density at radius 2 is 0.444 bits per heavy atom. The SMILES string of the molecule is CC(C)(C)CC(O)C(CCCCC(=O)OCC(COC(=O)CCCCC(C(O)CC(C)(C)C)C(C)(C)C)(COC(=O)CCCCC(C(O)CC(C)(C)C)C(C)(C)C)COC(=O)CCCCC(C(O)CC(C)(C)C)C(C)(C)C)C(C)(C)C. The van der Waals surface area contributed by atoms with Gasteiger partial charge < -0.3 is 39.4 Å². The van der Waals surface area contributed by atoms with Crippen LogP contribution in [0.3, 0.4) is 0 Å². The van der Waals surface area contributed by atoms with Gasteiger partial charge in [-0.15, -0.1) is 0 Å². The minimum atomic E-state index is -1.43. The molecule has 8 atom stereocenters. The largest absolute Gasteiger partial charge is 0.465 e. The molecular formula is C69H132O12. The summed E-state index contributed by atoms with van der Waals surface area (Å²) in [5, 5.41) is 45.2. The average molecular weight is 1150 g/mol. The number of carbonyl (C=O) groups excluding carboxylic acids is 4. The Morgan fingerprint density at radius 1 is 0.284 bits per heavy atom. The van der Waals surface area contributed by atoms with Crippen LogP contribution in [0.25, 0.3) is 0 Å². The van der Waals surface area contributed by atoms with Crippen molar-refractivity contribution in [2.45, 2.75) is 319 Å². The van der Waals surface area contributed by atoms with Gasteiger partial charge in [-0.2, -0.15) is 0 Å². The normalized spacial score (nSPS) is 17.2. The molecule has 480 valence electrons. The standard InChI is InChI=1S/C69H132O12/c1-61(2,3)41-53(70)49(65(13,14)15)33-25-29-37-57(74)78-45-69(46-79-58(75)38-30-26-34-50(66(16,17)18)54(71)42-62(4,5)6,47-80-59(76)39-31-27-35-51(67(19,20)21)55(72)43-63(7,8)9)48-81-60(77)40-32-28-36-52(68(22,23)24)56(73)44-64(10,11)12/h49-56,70-73H,25-48H2,1-24H3. The van der Waals surface area contributed by atoms with Crippen molar-refractivity contribution < 1.29 is 58.6 Å². The fourth-order valence-corrected chi connectivity index (χ4v) is 11.9. The van der Waals surface area contributed by atoms with Crippen LogP contribution < -0.4 is 0 Å². The summed E-state index contributed by atoms with van der Waals surface area (Å²) >= 11 is 0. The first-order valence-corrected chi connectivity index (χ1v) is 31.8. The molecular weight excluding hydrogens is 1020 g/mol. The summed E-state index contributed by atoms with van der Waals surface area (Å²) in [7, 11) is 0. The van der Waals surface area contributed by atoms with E-state index in [2.05, 4.69) is 166 Å². The Morgan fingerprint density at radius 3 is 0.580 bits per heavy atom. The Balaban J connectivity index is 6.74. The van der Waals surface area contributed by atoms with Crippen LogP contribution in [0.15, 0.2) is 0 Å². The van der Waals surface area contributed by atoms with Gasteiger partial charge in [0.05, 0.1) is 24.4 Å². The Bertz CT molecular complexity index is 1520. The fourth-order valence-electron chi connectivity index (χ4n) is 11.9. The third kappa shape index (κ3) is 37.0. The van der Waals surface area contributed by atoms with Crippen molar-refractivity contribution in [3.05, 3.63) is 0 Å². The lowest BCUT2D eigenvalue weighted by atomic mass is 9.71. The number of esters is 4. The highest BCUT2D eigenvalue weighted by atomic mass is 16.6. The van der Waals surface area contributed by atoms with E-state index < -0.39 is 53.7 Å². The quantitative estimate of drug-likeness (QED) is 0.0265. The van der Waals surface area contributed by atoms with Crippen LogP contribution in [-0.4, -0.2) is 95.1 Å². The molecule has 12 nitrogen and oxygen atoms in total. The molecule has 81 heavy (non-hydrogen) atoms. The highest BCUT2D eigenvalue weighted by Gasteiger charge is 2.40. The summed E-state index contributed by atoms with van der Waals surface area (Å²) in [6.07, 6.45) is 8.90. The van der Waals surface area contributed by atoms with Crippen molar-refractivity contribution in [1.82, 2.24) is 0 Å². The van der Waals surface area contributed by atoms with E-state index in [1.807, 2.05) is 0 Å². The van der Waals surface area contributed by atoms with Crippen LogP contribution in [0.4, 0.5) is 0 Å². The number of aliphatic hydroxyl groups excluding tert-OH is 4. The van der Waals surface area contributed by atoms with Crippen LogP contribution in [0.2, 0.25) is 0 Å². The van der Waals surface area contributed by atoms with Gasteiger partial charge in [-0.05, 0) is 144 Å². The van der Waals surface area contributed by atoms with Gasteiger partial charge in [0.1, 0.15) is 31.8 Å². The average Bonchev–Trinajstić information content (AvgIpc) is 3.23. The second-order valence-electron chi connectivity index (χ2n) is 34.3. The van der Waals surface area contributed by atoms with Crippen molar-refractivity contribution in [1.29, 1.82) is 0 Å². The van der Waals surface area contributed by atoms with E-state index in [1.165, 1.54) is 0 Å². The summed E-state index contributed by atoms with van der Waals surface area (Å²) in [6.45, 7) is 49.7. The van der Waals surface area contributed by atoms with Crippen molar-refractivity contribution >= 4 is 23.9 Å². The first kappa shape index (κ1) is 78.7. The zero-order valence-electron chi connectivity index (χ0n) is 57.1. The van der Waals surface area contributed by atoms with E-state index in [-0.39, 0.29) is 119 Å². The molecule has 0 saturated carbocycles. The zero-order chi connectivity index (χ0) is 63.2. The predicted octanol–water partition coefficient (Wildman–Crippen LogP) is 16.2. The molecule has 4 N–H and O–H groups in total. The summed E-state index contributed by atoms with van der Waals surface area (Å²) in [4.78, 5) is 54.8. The van der Waals surface area contributed by atoms with E-state index in [4.69, 9.17) is 18.9 Å². The molecule has 12 heteroatoms. The maximum atomic E-state index is 13.7. The molecule has 0 bridgehead atoms. The molecule has 0 fully saturated rings. The monoisotopic (exact) mass is 1150 g/mol. The van der Waals surface area contributed by atoms with E-state index >= 15 is 0 Å². The second-order valence-corrected chi connectivity index (χ2v) is 34.3. The molecule has 0 aliphatic heterocycles. The smallest absolute Gasteiger partial charge is 0.305 e.